The molecule has 2 amide bonds. The molecule has 2 N–H and O–H groups in total. The van der Waals surface area contributed by atoms with E-state index in [0.717, 1.165) is 31.1 Å². The molecule has 2 heterocycles. The van der Waals surface area contributed by atoms with Crippen molar-refractivity contribution in [3.8, 4) is 0 Å². The van der Waals surface area contributed by atoms with Crippen LogP contribution in [0.25, 0.3) is 0 Å². The number of pyridine rings is 1. The monoisotopic (exact) mass is 485 g/mol. The minimum absolute atomic E-state index is 0.0768. The third-order valence-electron chi connectivity index (χ3n) is 6.31. The predicted molar refractivity (Wildman–Crippen MR) is 132 cm³/mol. The first-order valence-corrected chi connectivity index (χ1v) is 12.2. The summed E-state index contributed by atoms with van der Waals surface area (Å²) in [5, 5.41) is 6.25. The Morgan fingerprint density at radius 1 is 1.26 bits per heavy atom. The summed E-state index contributed by atoms with van der Waals surface area (Å²) in [7, 11) is 1.49. The Balaban J connectivity index is 1.39. The number of alkyl carbamates (subject to hydrolysis) is 1. The Morgan fingerprint density at radius 3 is 2.88 bits per heavy atom. The van der Waals surface area contributed by atoms with Gasteiger partial charge in [0.25, 0.3) is 0 Å². The van der Waals surface area contributed by atoms with E-state index >= 15 is 0 Å². The van der Waals surface area contributed by atoms with Gasteiger partial charge in [-0.25, -0.2) is 4.79 Å². The number of amides is 2. The van der Waals surface area contributed by atoms with Gasteiger partial charge in [-0.1, -0.05) is 23.7 Å². The Kier molecular flexibility index (Phi) is 8.24. The van der Waals surface area contributed by atoms with E-state index in [-0.39, 0.29) is 32.1 Å². The molecule has 2 aliphatic rings. The van der Waals surface area contributed by atoms with Gasteiger partial charge in [0.1, 0.15) is 6.61 Å². The summed E-state index contributed by atoms with van der Waals surface area (Å²) in [5.74, 6) is 0.762. The molecule has 0 bridgehead atoms. The Bertz CT molecular complexity index is 1010. The van der Waals surface area contributed by atoms with E-state index < -0.39 is 6.09 Å². The van der Waals surface area contributed by atoms with Gasteiger partial charge in [-0.3, -0.25) is 14.7 Å². The molecule has 0 radical (unpaired) electrons. The molecule has 1 aromatic carbocycles. The van der Waals surface area contributed by atoms with Gasteiger partial charge in [-0.2, -0.15) is 0 Å². The van der Waals surface area contributed by atoms with Gasteiger partial charge in [0.15, 0.2) is 0 Å². The van der Waals surface area contributed by atoms with Crippen molar-refractivity contribution in [2.24, 2.45) is 5.92 Å². The lowest BCUT2D eigenvalue weighted by Crippen LogP contribution is -2.39. The Labute approximate surface area is 205 Å². The summed E-state index contributed by atoms with van der Waals surface area (Å²) in [6.07, 6.45) is 4.81. The largest absolute Gasteiger partial charge is 0.448 e. The molecule has 1 saturated carbocycles. The number of hydrogen-bond donors (Lipinski definition) is 2. The Morgan fingerprint density at radius 2 is 2.12 bits per heavy atom. The average molecular weight is 486 g/mol. The van der Waals surface area contributed by atoms with Crippen molar-refractivity contribution in [2.75, 3.05) is 45.2 Å². The lowest BCUT2D eigenvalue weighted by molar-refractivity contribution is -0.130. The van der Waals surface area contributed by atoms with Crippen molar-refractivity contribution in [1.29, 1.82) is 0 Å². The summed E-state index contributed by atoms with van der Waals surface area (Å²) in [6, 6.07) is 9.77. The van der Waals surface area contributed by atoms with E-state index in [2.05, 4.69) is 32.7 Å². The molecular weight excluding hydrogens is 454 g/mol. The minimum Gasteiger partial charge on any atom is -0.448 e. The molecule has 1 fully saturated rings. The topological polar surface area (TPSA) is 86.8 Å². The maximum atomic E-state index is 13.2. The van der Waals surface area contributed by atoms with Crippen LogP contribution in [0.3, 0.4) is 0 Å². The second-order valence-electron chi connectivity index (χ2n) is 8.86. The SMILES string of the molecule is CNC(=O)OCCN(Cc1ncccc1Cl)C(=O)CNc1cccc2c1CCN(CC1CC1)C2. The maximum Gasteiger partial charge on any atom is 0.406 e. The van der Waals surface area contributed by atoms with Crippen LogP contribution >= 0.6 is 11.6 Å². The zero-order chi connectivity index (χ0) is 23.9. The van der Waals surface area contributed by atoms with Gasteiger partial charge in [0, 0.05) is 38.6 Å². The molecule has 1 aromatic heterocycles. The van der Waals surface area contributed by atoms with Crippen molar-refractivity contribution in [1.82, 2.24) is 20.1 Å². The van der Waals surface area contributed by atoms with Crippen LogP contribution in [0.2, 0.25) is 5.02 Å². The highest BCUT2D eigenvalue weighted by Gasteiger charge is 2.27. The van der Waals surface area contributed by atoms with Gasteiger partial charge in [0.2, 0.25) is 5.91 Å². The lowest BCUT2D eigenvalue weighted by Gasteiger charge is -2.30. The molecule has 182 valence electrons. The number of benzene rings is 1. The zero-order valence-electron chi connectivity index (χ0n) is 19.6. The number of hydrogen-bond acceptors (Lipinski definition) is 6. The number of nitrogens with one attached hydrogen (secondary N) is 2. The second kappa shape index (κ2) is 11.5. The van der Waals surface area contributed by atoms with Crippen molar-refractivity contribution in [3.05, 3.63) is 58.4 Å². The fourth-order valence-electron chi connectivity index (χ4n) is 4.27. The number of anilines is 1. The first kappa shape index (κ1) is 24.3. The van der Waals surface area contributed by atoms with Crippen LogP contribution in [0.15, 0.2) is 36.5 Å². The quantitative estimate of drug-likeness (QED) is 0.537. The van der Waals surface area contributed by atoms with Crippen molar-refractivity contribution in [3.63, 3.8) is 0 Å². The smallest absolute Gasteiger partial charge is 0.406 e. The van der Waals surface area contributed by atoms with Crippen LogP contribution in [-0.2, 0) is 29.0 Å². The summed E-state index contributed by atoms with van der Waals surface area (Å²) in [5.41, 5.74) is 4.24. The summed E-state index contributed by atoms with van der Waals surface area (Å²) >= 11 is 6.26. The molecule has 0 unspecified atom stereocenters. The number of rotatable bonds is 10. The van der Waals surface area contributed by atoms with E-state index in [1.165, 1.54) is 37.6 Å². The number of carbonyl (C=O) groups is 2. The predicted octanol–water partition coefficient (Wildman–Crippen LogP) is 3.30. The van der Waals surface area contributed by atoms with E-state index in [0.29, 0.717) is 10.7 Å². The molecule has 2 aromatic rings. The third-order valence-corrected chi connectivity index (χ3v) is 6.66. The Hall–Kier alpha value is -2.84. The van der Waals surface area contributed by atoms with Crippen LogP contribution in [0.4, 0.5) is 10.5 Å². The van der Waals surface area contributed by atoms with Crippen LogP contribution in [0, 0.1) is 5.92 Å². The van der Waals surface area contributed by atoms with E-state index in [9.17, 15) is 9.59 Å². The highest BCUT2D eigenvalue weighted by Crippen LogP contribution is 2.32. The number of ether oxygens (including phenoxy) is 1. The summed E-state index contributed by atoms with van der Waals surface area (Å²) in [6.45, 7) is 3.90. The van der Waals surface area contributed by atoms with E-state index in [1.807, 2.05) is 6.07 Å². The standard InChI is InChI=1S/C25H32ClN5O3/c1-27-25(33)34-13-12-31(17-23-21(26)5-3-10-28-23)24(32)14-29-22-6-2-4-19-16-30(11-9-20(19)22)15-18-7-8-18/h2-6,10,18,29H,7-9,11-17H2,1H3,(H,27,33). The van der Waals surface area contributed by atoms with Gasteiger partial charge in [0.05, 0.1) is 30.4 Å². The summed E-state index contributed by atoms with van der Waals surface area (Å²) < 4.78 is 5.10. The molecular formula is C25H32ClN5O3. The molecule has 4 rings (SSSR count). The minimum atomic E-state index is -0.534. The average Bonchev–Trinajstić information content (AvgIpc) is 3.66. The van der Waals surface area contributed by atoms with Crippen LogP contribution < -0.4 is 10.6 Å². The second-order valence-corrected chi connectivity index (χ2v) is 9.27. The zero-order valence-corrected chi connectivity index (χ0v) is 20.3. The number of halogens is 1. The first-order valence-electron chi connectivity index (χ1n) is 11.8. The molecule has 8 nitrogen and oxygen atoms in total. The highest BCUT2D eigenvalue weighted by molar-refractivity contribution is 6.31. The van der Waals surface area contributed by atoms with E-state index in [4.69, 9.17) is 16.3 Å². The van der Waals surface area contributed by atoms with Crippen LogP contribution in [0.5, 0.6) is 0 Å². The third kappa shape index (κ3) is 6.61. The van der Waals surface area contributed by atoms with E-state index in [1.54, 1.807) is 23.2 Å². The molecule has 34 heavy (non-hydrogen) atoms. The van der Waals surface area contributed by atoms with Crippen LogP contribution in [0.1, 0.15) is 29.7 Å². The first-order chi connectivity index (χ1) is 16.5. The lowest BCUT2D eigenvalue weighted by atomic mass is 9.97. The van der Waals surface area contributed by atoms with Gasteiger partial charge >= 0.3 is 6.09 Å². The van der Waals surface area contributed by atoms with Crippen molar-refractivity contribution in [2.45, 2.75) is 32.4 Å². The van der Waals surface area contributed by atoms with Gasteiger partial charge in [-0.15, -0.1) is 0 Å². The van der Waals surface area contributed by atoms with Gasteiger partial charge < -0.3 is 20.3 Å². The highest BCUT2D eigenvalue weighted by atomic mass is 35.5. The fourth-order valence-corrected chi connectivity index (χ4v) is 4.45. The van der Waals surface area contributed by atoms with Crippen molar-refractivity contribution < 1.29 is 14.3 Å². The van der Waals surface area contributed by atoms with Gasteiger partial charge in [-0.05, 0) is 54.5 Å². The fraction of sp³-hybridized carbons (Fsp3) is 0.480. The normalized spacial score (nSPS) is 15.4. The summed E-state index contributed by atoms with van der Waals surface area (Å²) in [4.78, 5) is 33.0. The molecule has 1 aliphatic heterocycles. The van der Waals surface area contributed by atoms with Crippen molar-refractivity contribution >= 4 is 29.3 Å². The molecule has 0 atom stereocenters. The number of nitrogens with zero attached hydrogens (tertiary/aromatic N) is 3. The molecule has 1 aliphatic carbocycles. The number of carbonyl (C=O) groups excluding carboxylic acids is 2. The molecule has 9 heteroatoms. The van der Waals surface area contributed by atoms with Crippen LogP contribution in [-0.4, -0.2) is 66.6 Å². The number of aromatic nitrogens is 1. The molecule has 0 saturated heterocycles. The number of fused-ring (bicyclic) bond motifs is 1. The molecule has 0 spiro atoms. The maximum absolute atomic E-state index is 13.2.